The van der Waals surface area contributed by atoms with Gasteiger partial charge in [0, 0.05) is 15.9 Å². The van der Waals surface area contributed by atoms with Crippen LogP contribution in [-0.2, 0) is 17.6 Å². The van der Waals surface area contributed by atoms with Crippen molar-refractivity contribution in [1.29, 1.82) is 0 Å². The molecule has 25 heavy (non-hydrogen) atoms. The van der Waals surface area contributed by atoms with Crippen LogP contribution in [0.2, 0.25) is 0 Å². The number of amides is 1. The number of carbonyl (C=O) groups is 2. The van der Waals surface area contributed by atoms with Crippen molar-refractivity contribution < 1.29 is 14.3 Å². The first-order chi connectivity index (χ1) is 12.1. The zero-order valence-corrected chi connectivity index (χ0v) is 15.4. The third-order valence-electron chi connectivity index (χ3n) is 4.73. The summed E-state index contributed by atoms with van der Waals surface area (Å²) in [5.41, 5.74) is 3.18. The lowest BCUT2D eigenvalue weighted by Gasteiger charge is -2.21. The molecule has 1 amide bonds. The molecule has 1 aliphatic carbocycles. The van der Waals surface area contributed by atoms with Gasteiger partial charge >= 0.3 is 5.97 Å². The monoisotopic (exact) mass is 357 g/mol. The molecule has 0 saturated heterocycles. The number of fused-ring (bicyclic) bond motifs is 1. The molecule has 1 aromatic heterocycles. The molecular formula is C20H23NO3S. The van der Waals surface area contributed by atoms with Gasteiger partial charge < -0.3 is 10.1 Å². The van der Waals surface area contributed by atoms with E-state index in [-0.39, 0.29) is 11.9 Å². The molecule has 0 spiro atoms. The molecule has 0 radical (unpaired) electrons. The van der Waals surface area contributed by atoms with Gasteiger partial charge in [-0.05, 0) is 61.9 Å². The van der Waals surface area contributed by atoms with Crippen molar-refractivity contribution in [3.8, 4) is 0 Å². The second-order valence-electron chi connectivity index (χ2n) is 6.32. The normalized spacial score (nSPS) is 16.2. The van der Waals surface area contributed by atoms with Crippen LogP contribution in [0.3, 0.4) is 0 Å². The lowest BCUT2D eigenvalue weighted by molar-refractivity contribution is 0.0526. The van der Waals surface area contributed by atoms with Crippen molar-refractivity contribution in [1.82, 2.24) is 0 Å². The number of hydrogen-bond acceptors (Lipinski definition) is 4. The van der Waals surface area contributed by atoms with Crippen molar-refractivity contribution in [3.63, 3.8) is 0 Å². The van der Waals surface area contributed by atoms with Crippen LogP contribution in [0, 0.1) is 5.92 Å². The van der Waals surface area contributed by atoms with E-state index in [0.29, 0.717) is 17.9 Å². The molecule has 0 bridgehead atoms. The average Bonchev–Trinajstić information content (AvgIpc) is 3.05. The smallest absolute Gasteiger partial charge is 0.338 e. The van der Waals surface area contributed by atoms with Crippen molar-refractivity contribution >= 4 is 28.9 Å². The fourth-order valence-electron chi connectivity index (χ4n) is 3.22. The molecular weight excluding hydrogens is 334 g/mol. The second kappa shape index (κ2) is 7.83. The van der Waals surface area contributed by atoms with E-state index in [1.807, 2.05) is 5.38 Å². The zero-order valence-electron chi connectivity index (χ0n) is 14.6. The molecule has 1 N–H and O–H groups in total. The van der Waals surface area contributed by atoms with Crippen LogP contribution in [0.1, 0.15) is 57.8 Å². The van der Waals surface area contributed by atoms with E-state index in [9.17, 15) is 9.59 Å². The minimum Gasteiger partial charge on any atom is -0.462 e. The average molecular weight is 357 g/mol. The topological polar surface area (TPSA) is 55.4 Å². The van der Waals surface area contributed by atoms with Gasteiger partial charge in [-0.25, -0.2) is 4.79 Å². The number of nitrogens with one attached hydrogen (secondary N) is 1. The Labute approximate surface area is 152 Å². The van der Waals surface area contributed by atoms with Crippen molar-refractivity contribution in [3.05, 3.63) is 51.2 Å². The highest BCUT2D eigenvalue weighted by atomic mass is 32.1. The van der Waals surface area contributed by atoms with Crippen molar-refractivity contribution in [2.24, 2.45) is 5.92 Å². The molecule has 1 aliphatic rings. The molecule has 5 heteroatoms. The summed E-state index contributed by atoms with van der Waals surface area (Å²) in [5.74, 6) is 0.326. The van der Waals surface area contributed by atoms with Gasteiger partial charge in [-0.15, -0.1) is 11.3 Å². The number of esters is 1. The Bertz CT molecular complexity index is 764. The van der Waals surface area contributed by atoms with Gasteiger partial charge in [-0.2, -0.15) is 0 Å². The Morgan fingerprint density at radius 3 is 2.68 bits per heavy atom. The number of carbonyl (C=O) groups excluding carboxylic acids is 2. The van der Waals surface area contributed by atoms with E-state index in [1.54, 1.807) is 42.5 Å². The van der Waals surface area contributed by atoms with Gasteiger partial charge in [-0.3, -0.25) is 4.79 Å². The van der Waals surface area contributed by atoms with Crippen LogP contribution in [0.4, 0.5) is 5.69 Å². The SMILES string of the molecule is CCOC(=O)c1ccc(NC(=O)c2csc3c2CCC(CC)C3)cc1. The predicted octanol–water partition coefficient (Wildman–Crippen LogP) is 4.69. The van der Waals surface area contributed by atoms with Crippen LogP contribution in [0.25, 0.3) is 0 Å². The largest absolute Gasteiger partial charge is 0.462 e. The van der Waals surface area contributed by atoms with Crippen LogP contribution >= 0.6 is 11.3 Å². The number of ether oxygens (including phenoxy) is 1. The molecule has 1 unspecified atom stereocenters. The second-order valence-corrected chi connectivity index (χ2v) is 7.28. The van der Waals surface area contributed by atoms with Gasteiger partial charge in [0.2, 0.25) is 0 Å². The van der Waals surface area contributed by atoms with Gasteiger partial charge in [0.15, 0.2) is 0 Å². The Hall–Kier alpha value is -2.14. The Morgan fingerprint density at radius 2 is 2.00 bits per heavy atom. The number of rotatable bonds is 5. The molecule has 3 rings (SSSR count). The summed E-state index contributed by atoms with van der Waals surface area (Å²) in [4.78, 5) is 25.7. The summed E-state index contributed by atoms with van der Waals surface area (Å²) in [6.07, 6.45) is 4.44. The Kier molecular flexibility index (Phi) is 5.53. The molecule has 1 aromatic carbocycles. The molecule has 0 aliphatic heterocycles. The molecule has 1 heterocycles. The van der Waals surface area contributed by atoms with Crippen LogP contribution in [0.5, 0.6) is 0 Å². The number of benzene rings is 1. The fourth-order valence-corrected chi connectivity index (χ4v) is 4.42. The summed E-state index contributed by atoms with van der Waals surface area (Å²) in [6.45, 7) is 4.35. The third-order valence-corrected chi connectivity index (χ3v) is 5.78. The minimum atomic E-state index is -0.349. The number of thiophene rings is 1. The molecule has 1 atom stereocenters. The Balaban J connectivity index is 1.69. The maximum Gasteiger partial charge on any atom is 0.338 e. The van der Waals surface area contributed by atoms with Gasteiger partial charge in [0.25, 0.3) is 5.91 Å². The lowest BCUT2D eigenvalue weighted by atomic mass is 9.86. The fraction of sp³-hybridized carbons (Fsp3) is 0.400. The maximum absolute atomic E-state index is 12.6. The first-order valence-corrected chi connectivity index (χ1v) is 9.68. The van der Waals surface area contributed by atoms with E-state index in [0.717, 1.165) is 30.7 Å². The Morgan fingerprint density at radius 1 is 1.24 bits per heavy atom. The van der Waals surface area contributed by atoms with E-state index < -0.39 is 0 Å². The molecule has 0 fully saturated rings. The summed E-state index contributed by atoms with van der Waals surface area (Å²) in [7, 11) is 0. The van der Waals surface area contributed by atoms with Gasteiger partial charge in [0.1, 0.15) is 0 Å². The quantitative estimate of drug-likeness (QED) is 0.790. The standard InChI is InChI=1S/C20H23NO3S/c1-3-13-5-10-16-17(12-25-18(16)11-13)19(22)21-15-8-6-14(7-9-15)20(23)24-4-2/h6-9,12-13H,3-5,10-11H2,1-2H3,(H,21,22). The highest BCUT2D eigenvalue weighted by Gasteiger charge is 2.24. The molecule has 2 aromatic rings. The van der Waals surface area contributed by atoms with Gasteiger partial charge in [0.05, 0.1) is 17.7 Å². The van der Waals surface area contributed by atoms with E-state index >= 15 is 0 Å². The molecule has 0 saturated carbocycles. The molecule has 132 valence electrons. The highest BCUT2D eigenvalue weighted by molar-refractivity contribution is 7.10. The summed E-state index contributed by atoms with van der Waals surface area (Å²) in [5, 5.41) is 4.91. The van der Waals surface area contributed by atoms with Crippen LogP contribution in [0.15, 0.2) is 29.6 Å². The maximum atomic E-state index is 12.6. The molecule has 4 nitrogen and oxygen atoms in total. The van der Waals surface area contributed by atoms with Crippen LogP contribution in [-0.4, -0.2) is 18.5 Å². The first kappa shape index (κ1) is 17.7. The summed E-state index contributed by atoms with van der Waals surface area (Å²) >= 11 is 1.70. The lowest BCUT2D eigenvalue weighted by Crippen LogP contribution is -2.17. The highest BCUT2D eigenvalue weighted by Crippen LogP contribution is 2.34. The zero-order chi connectivity index (χ0) is 17.8. The number of anilines is 1. The van der Waals surface area contributed by atoms with Crippen LogP contribution < -0.4 is 5.32 Å². The minimum absolute atomic E-state index is 0.0728. The van der Waals surface area contributed by atoms with Crippen molar-refractivity contribution in [2.75, 3.05) is 11.9 Å². The third kappa shape index (κ3) is 3.93. The summed E-state index contributed by atoms with van der Waals surface area (Å²) < 4.78 is 4.96. The predicted molar refractivity (Wildman–Crippen MR) is 100 cm³/mol. The van der Waals surface area contributed by atoms with E-state index in [1.165, 1.54) is 16.9 Å². The first-order valence-electron chi connectivity index (χ1n) is 8.80. The number of hydrogen-bond donors (Lipinski definition) is 1. The van der Waals surface area contributed by atoms with Gasteiger partial charge in [-0.1, -0.05) is 13.3 Å². The van der Waals surface area contributed by atoms with E-state index in [4.69, 9.17) is 4.74 Å². The summed E-state index contributed by atoms with van der Waals surface area (Å²) in [6, 6.07) is 6.80. The van der Waals surface area contributed by atoms with E-state index in [2.05, 4.69) is 12.2 Å². The van der Waals surface area contributed by atoms with Crippen molar-refractivity contribution in [2.45, 2.75) is 39.5 Å².